The maximum absolute atomic E-state index is 2.29. The molecule has 0 saturated carbocycles. The monoisotopic (exact) mass is 744 g/mol. The van der Waals surface area contributed by atoms with Crippen molar-refractivity contribution in [1.82, 2.24) is 0 Å². The Hall–Kier alpha value is -7.02. The second-order valence-electron chi connectivity index (χ2n) is 15.4. The molecule has 0 aromatic heterocycles. The van der Waals surface area contributed by atoms with Crippen molar-refractivity contribution in [3.05, 3.63) is 260 Å². The highest BCUT2D eigenvalue weighted by Crippen LogP contribution is 2.30. The van der Waals surface area contributed by atoms with Crippen molar-refractivity contribution in [2.24, 2.45) is 0 Å². The molecule has 0 unspecified atom stereocenters. The number of fused-ring (bicyclic) bond motifs is 1. The molecule has 0 nitrogen and oxygen atoms in total. The van der Waals surface area contributed by atoms with Crippen LogP contribution >= 0.6 is 0 Å². The van der Waals surface area contributed by atoms with E-state index in [-0.39, 0.29) is 0 Å². The smallest absolute Gasteiger partial charge is 0.0105 e. The van der Waals surface area contributed by atoms with Crippen LogP contribution in [0.15, 0.2) is 182 Å². The molecule has 0 saturated heterocycles. The van der Waals surface area contributed by atoms with E-state index in [0.717, 1.165) is 0 Å². The molecule has 0 atom stereocenters. The molecule has 0 aliphatic heterocycles. The minimum absolute atomic E-state index is 1.17. The largest absolute Gasteiger partial charge is 0.0616 e. The van der Waals surface area contributed by atoms with E-state index in [2.05, 4.69) is 246 Å². The molecule has 0 bridgehead atoms. The van der Waals surface area contributed by atoms with Crippen LogP contribution in [-0.2, 0) is 0 Å². The van der Waals surface area contributed by atoms with E-state index in [9.17, 15) is 0 Å². The molecule has 0 radical (unpaired) electrons. The second kappa shape index (κ2) is 17.4. The first-order valence-electron chi connectivity index (χ1n) is 20.1. The van der Waals surface area contributed by atoms with E-state index in [1.807, 2.05) is 0 Å². The fraction of sp³-hybridized carbons (Fsp3) is 0.0690. The summed E-state index contributed by atoms with van der Waals surface area (Å²) < 4.78 is 0. The van der Waals surface area contributed by atoms with Crippen LogP contribution in [0.5, 0.6) is 0 Å². The molecule has 0 aliphatic carbocycles. The molecule has 8 rings (SSSR count). The summed E-state index contributed by atoms with van der Waals surface area (Å²) in [5.74, 6) is 0. The van der Waals surface area contributed by atoms with E-state index in [4.69, 9.17) is 0 Å². The first-order valence-corrected chi connectivity index (χ1v) is 20.1. The molecule has 58 heavy (non-hydrogen) atoms. The number of aryl methyl sites for hydroxylation is 4. The van der Waals surface area contributed by atoms with E-state index >= 15 is 0 Å². The maximum Gasteiger partial charge on any atom is -0.0105 e. The van der Waals surface area contributed by atoms with Gasteiger partial charge in [-0.05, 0) is 117 Å². The van der Waals surface area contributed by atoms with Gasteiger partial charge in [0.2, 0.25) is 0 Å². The second-order valence-corrected chi connectivity index (χ2v) is 15.4. The summed E-state index contributed by atoms with van der Waals surface area (Å²) in [6.07, 6.45) is 13.5. The summed E-state index contributed by atoms with van der Waals surface area (Å²) in [5.41, 5.74) is 19.5. The third kappa shape index (κ3) is 9.15. The van der Waals surface area contributed by atoms with Gasteiger partial charge in [-0.3, -0.25) is 0 Å². The van der Waals surface area contributed by atoms with Crippen molar-refractivity contribution in [1.29, 1.82) is 0 Å². The van der Waals surface area contributed by atoms with Crippen LogP contribution in [0.25, 0.3) is 58.4 Å². The Balaban J connectivity index is 1.01. The fourth-order valence-electron chi connectivity index (χ4n) is 7.35. The summed E-state index contributed by atoms with van der Waals surface area (Å²) in [5, 5.41) is 2.48. The van der Waals surface area contributed by atoms with Crippen molar-refractivity contribution >= 4 is 58.4 Å². The van der Waals surface area contributed by atoms with Crippen LogP contribution in [0, 0.1) is 27.7 Å². The molecule has 0 heterocycles. The molecule has 0 fully saturated rings. The van der Waals surface area contributed by atoms with E-state index in [1.54, 1.807) is 0 Å². The first kappa shape index (κ1) is 37.9. The summed E-state index contributed by atoms with van der Waals surface area (Å²) in [6, 6.07) is 66.0. The summed E-state index contributed by atoms with van der Waals surface area (Å²) >= 11 is 0. The first-order chi connectivity index (χ1) is 28.3. The van der Waals surface area contributed by atoms with Crippen LogP contribution in [0.1, 0.15) is 77.9 Å². The lowest BCUT2D eigenvalue weighted by atomic mass is 9.94. The van der Waals surface area contributed by atoms with Crippen molar-refractivity contribution in [3.8, 4) is 0 Å². The Bertz CT molecular complexity index is 2480. The van der Waals surface area contributed by atoms with Crippen LogP contribution in [0.2, 0.25) is 0 Å². The van der Waals surface area contributed by atoms with Crippen LogP contribution < -0.4 is 0 Å². The van der Waals surface area contributed by atoms with Gasteiger partial charge in [0, 0.05) is 0 Å². The third-order valence-corrected chi connectivity index (χ3v) is 10.8. The zero-order valence-corrected chi connectivity index (χ0v) is 33.8. The fourth-order valence-corrected chi connectivity index (χ4v) is 7.35. The number of rotatable bonds is 10. The minimum atomic E-state index is 1.17. The van der Waals surface area contributed by atoms with Gasteiger partial charge in [0.1, 0.15) is 0 Å². The van der Waals surface area contributed by atoms with Crippen molar-refractivity contribution in [2.75, 3.05) is 0 Å². The highest BCUT2D eigenvalue weighted by molar-refractivity contribution is 5.99. The zero-order chi connectivity index (χ0) is 39.8. The van der Waals surface area contributed by atoms with Gasteiger partial charge in [0.25, 0.3) is 0 Å². The SMILES string of the molecule is Cc1ccc(C(=Cc2ccc(/C=C\c3ccc(/C=C\c4ccc(C=C(c5ccc(C)cc5)c5ccc(C)cc5)cc4)c4ccccc34)cc2)c2ccc(C)cc2)cc1. The molecular formula is C58H48. The van der Waals surface area contributed by atoms with E-state index in [0.29, 0.717) is 0 Å². The van der Waals surface area contributed by atoms with Gasteiger partial charge in [-0.1, -0.05) is 229 Å². The van der Waals surface area contributed by atoms with Gasteiger partial charge in [0.05, 0.1) is 0 Å². The molecule has 0 heteroatoms. The molecule has 8 aromatic rings. The molecule has 280 valence electrons. The molecule has 0 N–H and O–H groups in total. The van der Waals surface area contributed by atoms with Crippen LogP contribution in [-0.4, -0.2) is 0 Å². The normalized spacial score (nSPS) is 11.3. The van der Waals surface area contributed by atoms with Gasteiger partial charge in [-0.15, -0.1) is 0 Å². The van der Waals surface area contributed by atoms with Crippen molar-refractivity contribution in [3.63, 3.8) is 0 Å². The maximum atomic E-state index is 2.29. The standard InChI is InChI=1S/C58H48/c1-41-9-27-51(28-10-41)57(52-29-11-42(2)12-30-52)39-47-21-17-45(18-22-47)25-35-49-37-38-50(56-8-6-5-7-55(49)56)36-26-46-19-23-48(24-20-46)40-58(53-31-13-43(3)14-32-53)54-33-15-44(4)16-34-54/h5-40H,1-4H3/b35-25-,36-26-. The molecule has 0 aliphatic rings. The van der Waals surface area contributed by atoms with Gasteiger partial charge in [-0.2, -0.15) is 0 Å². The lowest BCUT2D eigenvalue weighted by Crippen LogP contribution is -1.89. The van der Waals surface area contributed by atoms with Crippen LogP contribution in [0.3, 0.4) is 0 Å². The van der Waals surface area contributed by atoms with Gasteiger partial charge < -0.3 is 0 Å². The molecular weight excluding hydrogens is 697 g/mol. The molecule has 8 aromatic carbocycles. The summed E-state index contributed by atoms with van der Waals surface area (Å²) in [7, 11) is 0. The van der Waals surface area contributed by atoms with Gasteiger partial charge in [-0.25, -0.2) is 0 Å². The Kier molecular flexibility index (Phi) is 11.4. The Morgan fingerprint density at radius 2 is 0.552 bits per heavy atom. The van der Waals surface area contributed by atoms with Crippen molar-refractivity contribution < 1.29 is 0 Å². The van der Waals surface area contributed by atoms with Crippen molar-refractivity contribution in [2.45, 2.75) is 27.7 Å². The topological polar surface area (TPSA) is 0 Å². The zero-order valence-electron chi connectivity index (χ0n) is 33.8. The van der Waals surface area contributed by atoms with E-state index in [1.165, 1.54) is 99.8 Å². The Morgan fingerprint density at radius 3 is 0.845 bits per heavy atom. The minimum Gasteiger partial charge on any atom is -0.0616 e. The quantitative estimate of drug-likeness (QED) is 0.122. The third-order valence-electron chi connectivity index (χ3n) is 10.8. The van der Waals surface area contributed by atoms with E-state index < -0.39 is 0 Å². The highest BCUT2D eigenvalue weighted by atomic mass is 14.1. The average molecular weight is 745 g/mol. The lowest BCUT2D eigenvalue weighted by Gasteiger charge is -2.10. The number of hydrogen-bond donors (Lipinski definition) is 0. The lowest BCUT2D eigenvalue weighted by molar-refractivity contribution is 1.43. The number of hydrogen-bond acceptors (Lipinski definition) is 0. The number of benzene rings is 8. The van der Waals surface area contributed by atoms with Gasteiger partial charge in [0.15, 0.2) is 0 Å². The predicted octanol–water partition coefficient (Wildman–Crippen LogP) is 15.6. The average Bonchev–Trinajstić information content (AvgIpc) is 3.26. The summed E-state index contributed by atoms with van der Waals surface area (Å²) in [4.78, 5) is 0. The predicted molar refractivity (Wildman–Crippen MR) is 253 cm³/mol. The Labute approximate surface area is 344 Å². The Morgan fingerprint density at radius 1 is 0.276 bits per heavy atom. The summed E-state index contributed by atoms with van der Waals surface area (Å²) in [6.45, 7) is 8.53. The molecule has 0 amide bonds. The highest BCUT2D eigenvalue weighted by Gasteiger charge is 2.08. The van der Waals surface area contributed by atoms with Gasteiger partial charge >= 0.3 is 0 Å². The molecule has 0 spiro atoms. The van der Waals surface area contributed by atoms with Crippen LogP contribution in [0.4, 0.5) is 0 Å².